The largest absolute Gasteiger partial charge is 0.355 e. The van der Waals surface area contributed by atoms with Crippen molar-refractivity contribution in [3.05, 3.63) is 0 Å². The van der Waals surface area contributed by atoms with Crippen LogP contribution in [0.25, 0.3) is 0 Å². The number of nitrogens with two attached hydrogens (primary N) is 1. The Morgan fingerprint density at radius 3 is 2.48 bits per heavy atom. The minimum absolute atomic E-state index is 0.0411. The van der Waals surface area contributed by atoms with E-state index in [1.54, 1.807) is 0 Å². The molecule has 7 heteroatoms. The third kappa shape index (κ3) is 4.93. The molecule has 2 rings (SSSR count). The lowest BCUT2D eigenvalue weighted by atomic mass is 9.86. The number of hydrogen-bond acceptors (Lipinski definition) is 4. The lowest BCUT2D eigenvalue weighted by Crippen LogP contribution is -2.40. The first kappa shape index (κ1) is 16.7. The van der Waals surface area contributed by atoms with E-state index >= 15 is 0 Å². The van der Waals surface area contributed by atoms with E-state index in [0.29, 0.717) is 19.0 Å². The van der Waals surface area contributed by atoms with Gasteiger partial charge in [-0.1, -0.05) is 12.8 Å². The van der Waals surface area contributed by atoms with E-state index < -0.39 is 10.0 Å². The summed E-state index contributed by atoms with van der Waals surface area (Å²) in [5, 5.41) is 2.75. The third-order valence-corrected chi connectivity index (χ3v) is 6.13. The Morgan fingerprint density at radius 1 is 1.14 bits per heavy atom. The van der Waals surface area contributed by atoms with E-state index in [2.05, 4.69) is 10.0 Å². The molecule has 2 aliphatic rings. The molecule has 0 aromatic carbocycles. The zero-order valence-corrected chi connectivity index (χ0v) is 13.3. The Morgan fingerprint density at radius 2 is 1.86 bits per heavy atom. The van der Waals surface area contributed by atoms with Gasteiger partial charge in [-0.25, -0.2) is 13.1 Å². The molecular weight excluding hydrogens is 290 g/mol. The van der Waals surface area contributed by atoms with Crippen LogP contribution in [0.5, 0.6) is 0 Å². The van der Waals surface area contributed by atoms with Crippen molar-refractivity contribution in [1.82, 2.24) is 10.0 Å². The predicted molar refractivity (Wildman–Crippen MR) is 82.0 cm³/mol. The highest BCUT2D eigenvalue weighted by Crippen LogP contribution is 2.30. The molecule has 0 aliphatic heterocycles. The van der Waals surface area contributed by atoms with Crippen LogP contribution in [0.15, 0.2) is 0 Å². The maximum atomic E-state index is 12.0. The summed E-state index contributed by atoms with van der Waals surface area (Å²) in [7, 11) is -3.28. The van der Waals surface area contributed by atoms with Crippen LogP contribution in [0, 0.1) is 17.8 Å². The normalized spacial score (nSPS) is 26.5. The van der Waals surface area contributed by atoms with Crippen LogP contribution in [0.3, 0.4) is 0 Å². The van der Waals surface area contributed by atoms with Crippen LogP contribution in [0.1, 0.15) is 38.5 Å². The molecular formula is C14H27N3O3S. The molecule has 6 nitrogen and oxygen atoms in total. The molecule has 0 bridgehead atoms. The van der Waals surface area contributed by atoms with E-state index in [0.717, 1.165) is 32.1 Å². The van der Waals surface area contributed by atoms with Crippen molar-refractivity contribution < 1.29 is 13.2 Å². The molecule has 21 heavy (non-hydrogen) atoms. The van der Waals surface area contributed by atoms with E-state index in [9.17, 15) is 13.2 Å². The molecule has 0 aromatic heterocycles. The van der Waals surface area contributed by atoms with Gasteiger partial charge < -0.3 is 11.1 Å². The van der Waals surface area contributed by atoms with E-state index in [4.69, 9.17) is 5.73 Å². The molecule has 2 saturated carbocycles. The summed E-state index contributed by atoms with van der Waals surface area (Å²) in [5.74, 6) is 0.611. The van der Waals surface area contributed by atoms with Gasteiger partial charge in [0.2, 0.25) is 15.9 Å². The Kier molecular flexibility index (Phi) is 6.01. The number of sulfonamides is 1. The van der Waals surface area contributed by atoms with Gasteiger partial charge in [0.25, 0.3) is 0 Å². The number of hydrogen-bond donors (Lipinski definition) is 3. The van der Waals surface area contributed by atoms with Gasteiger partial charge in [-0.2, -0.15) is 0 Å². The van der Waals surface area contributed by atoms with E-state index in [1.165, 1.54) is 6.42 Å². The molecule has 2 atom stereocenters. The van der Waals surface area contributed by atoms with Gasteiger partial charge in [-0.15, -0.1) is 0 Å². The lowest BCUT2D eigenvalue weighted by molar-refractivity contribution is -0.125. The molecule has 1 amide bonds. The Balaban J connectivity index is 1.66. The highest BCUT2D eigenvalue weighted by molar-refractivity contribution is 7.89. The standard InChI is InChI=1S/C14H27N3O3S/c15-9-12-5-2-6-13(12)14(18)16-7-8-21(19,20)17-10-11-3-1-4-11/h11-13,17H,1-10,15H2,(H,16,18)/t12-,13-/m1/s1. The first-order valence-corrected chi connectivity index (χ1v) is 9.62. The van der Waals surface area contributed by atoms with Crippen LogP contribution in [0.4, 0.5) is 0 Å². The molecule has 4 N–H and O–H groups in total. The molecule has 0 saturated heterocycles. The van der Waals surface area contributed by atoms with Gasteiger partial charge in [-0.05, 0) is 44.1 Å². The maximum absolute atomic E-state index is 12.0. The average molecular weight is 317 g/mol. The van der Waals surface area contributed by atoms with Crippen molar-refractivity contribution in [1.29, 1.82) is 0 Å². The van der Waals surface area contributed by atoms with Gasteiger partial charge in [0.1, 0.15) is 0 Å². The number of nitrogens with one attached hydrogen (secondary N) is 2. The molecule has 0 unspecified atom stereocenters. The van der Waals surface area contributed by atoms with Crippen LogP contribution in [-0.2, 0) is 14.8 Å². The first-order valence-electron chi connectivity index (χ1n) is 7.97. The van der Waals surface area contributed by atoms with E-state index in [-0.39, 0.29) is 30.0 Å². The van der Waals surface area contributed by atoms with Crippen molar-refractivity contribution in [2.45, 2.75) is 38.5 Å². The van der Waals surface area contributed by atoms with Gasteiger partial charge in [0, 0.05) is 19.0 Å². The van der Waals surface area contributed by atoms with Crippen LogP contribution < -0.4 is 15.8 Å². The fourth-order valence-corrected chi connectivity index (χ4v) is 4.12. The van der Waals surface area contributed by atoms with Gasteiger partial charge in [0.05, 0.1) is 5.75 Å². The molecule has 0 spiro atoms. The summed E-state index contributed by atoms with van der Waals surface area (Å²) in [6, 6.07) is 0. The number of carbonyl (C=O) groups is 1. The monoisotopic (exact) mass is 317 g/mol. The number of carbonyl (C=O) groups excluding carboxylic acids is 1. The molecule has 122 valence electrons. The zero-order valence-electron chi connectivity index (χ0n) is 12.5. The SMILES string of the molecule is NC[C@H]1CCC[C@H]1C(=O)NCCS(=O)(=O)NCC1CCC1. The second kappa shape index (κ2) is 7.56. The Bertz CT molecular complexity index is 448. The Labute approximate surface area is 127 Å². The Hall–Kier alpha value is -0.660. The fraction of sp³-hybridized carbons (Fsp3) is 0.929. The predicted octanol–water partition coefficient (Wildman–Crippen LogP) is 0.197. The summed E-state index contributed by atoms with van der Waals surface area (Å²) in [4.78, 5) is 12.0. The summed E-state index contributed by atoms with van der Waals surface area (Å²) in [5.41, 5.74) is 5.66. The van der Waals surface area contributed by atoms with E-state index in [1.807, 2.05) is 0 Å². The lowest BCUT2D eigenvalue weighted by Gasteiger charge is -2.25. The molecule has 2 fully saturated rings. The highest BCUT2D eigenvalue weighted by Gasteiger charge is 2.31. The third-order valence-electron chi connectivity index (χ3n) is 4.79. The van der Waals surface area contributed by atoms with Crippen molar-refractivity contribution in [2.24, 2.45) is 23.5 Å². The summed E-state index contributed by atoms with van der Waals surface area (Å²) in [6.45, 7) is 1.24. The van der Waals surface area contributed by atoms with Gasteiger partial charge in [0.15, 0.2) is 0 Å². The number of amides is 1. The van der Waals surface area contributed by atoms with Crippen molar-refractivity contribution in [3.8, 4) is 0 Å². The molecule has 2 aliphatic carbocycles. The summed E-state index contributed by atoms with van der Waals surface area (Å²) in [6.07, 6.45) is 6.31. The number of rotatable bonds is 8. The maximum Gasteiger partial charge on any atom is 0.223 e. The van der Waals surface area contributed by atoms with Crippen molar-refractivity contribution in [2.75, 3.05) is 25.4 Å². The van der Waals surface area contributed by atoms with Crippen molar-refractivity contribution in [3.63, 3.8) is 0 Å². The minimum Gasteiger partial charge on any atom is -0.355 e. The van der Waals surface area contributed by atoms with Crippen LogP contribution in [0.2, 0.25) is 0 Å². The summed E-state index contributed by atoms with van der Waals surface area (Å²) < 4.78 is 26.3. The van der Waals surface area contributed by atoms with Crippen molar-refractivity contribution >= 4 is 15.9 Å². The summed E-state index contributed by atoms with van der Waals surface area (Å²) >= 11 is 0. The second-order valence-electron chi connectivity index (χ2n) is 6.29. The molecule has 0 aromatic rings. The molecule has 0 radical (unpaired) electrons. The molecule has 0 heterocycles. The minimum atomic E-state index is -3.28. The second-order valence-corrected chi connectivity index (χ2v) is 8.21. The zero-order chi connectivity index (χ0) is 15.3. The topological polar surface area (TPSA) is 101 Å². The fourth-order valence-electron chi connectivity index (χ4n) is 3.12. The van der Waals surface area contributed by atoms with Gasteiger partial charge >= 0.3 is 0 Å². The highest BCUT2D eigenvalue weighted by atomic mass is 32.2. The van der Waals surface area contributed by atoms with Gasteiger partial charge in [-0.3, -0.25) is 4.79 Å². The smallest absolute Gasteiger partial charge is 0.223 e. The van der Waals surface area contributed by atoms with Crippen LogP contribution >= 0.6 is 0 Å². The van der Waals surface area contributed by atoms with Crippen LogP contribution in [-0.4, -0.2) is 39.7 Å². The first-order chi connectivity index (χ1) is 10.0. The average Bonchev–Trinajstić information content (AvgIpc) is 2.84. The quantitative estimate of drug-likeness (QED) is 0.595.